The van der Waals surface area contributed by atoms with Gasteiger partial charge in [-0.1, -0.05) is 24.3 Å². The first-order valence-corrected chi connectivity index (χ1v) is 6.98. The second-order valence-corrected chi connectivity index (χ2v) is 4.84. The van der Waals surface area contributed by atoms with Gasteiger partial charge in [-0.25, -0.2) is 4.68 Å². The van der Waals surface area contributed by atoms with E-state index >= 15 is 0 Å². The maximum atomic E-state index is 10.5. The van der Waals surface area contributed by atoms with Crippen LogP contribution in [0, 0.1) is 0 Å². The van der Waals surface area contributed by atoms with Gasteiger partial charge in [-0.15, -0.1) is 0 Å². The molecule has 1 heterocycles. The van der Waals surface area contributed by atoms with Crippen molar-refractivity contribution in [1.82, 2.24) is 9.78 Å². The third kappa shape index (κ3) is 4.51. The number of carboxylic acids is 1. The van der Waals surface area contributed by atoms with Crippen molar-refractivity contribution in [2.75, 3.05) is 0 Å². The zero-order valence-corrected chi connectivity index (χ0v) is 12.6. The van der Waals surface area contributed by atoms with E-state index in [-0.39, 0.29) is 17.9 Å². The number of carbonyl (C=O) groups is 1. The molecule has 0 bridgehead atoms. The largest absolute Gasteiger partial charge is 0.504 e. The van der Waals surface area contributed by atoms with Crippen LogP contribution in [0.5, 0.6) is 17.2 Å². The number of carboxylic acid groups (broad SMARTS) is 1. The Bertz CT molecular complexity index is 795. The molecule has 0 aliphatic rings. The molecular weight excluding hydrogens is 312 g/mol. The van der Waals surface area contributed by atoms with Crippen molar-refractivity contribution in [2.45, 2.75) is 6.42 Å². The SMILES string of the molecule is O=C(O)Cc1cnn(-c2ccccc2)c1.Oc1cccc(O)c1O. The molecule has 0 aliphatic heterocycles. The van der Waals surface area contributed by atoms with Gasteiger partial charge in [-0.05, 0) is 24.3 Å². The first-order valence-electron chi connectivity index (χ1n) is 6.98. The third-order valence-corrected chi connectivity index (χ3v) is 3.01. The van der Waals surface area contributed by atoms with Gasteiger partial charge in [0, 0.05) is 11.8 Å². The van der Waals surface area contributed by atoms with Gasteiger partial charge in [0.2, 0.25) is 0 Å². The van der Waals surface area contributed by atoms with E-state index in [1.165, 1.54) is 18.2 Å². The van der Waals surface area contributed by atoms with Gasteiger partial charge in [0.25, 0.3) is 0 Å². The van der Waals surface area contributed by atoms with Crippen molar-refractivity contribution in [3.8, 4) is 22.9 Å². The molecule has 24 heavy (non-hydrogen) atoms. The summed E-state index contributed by atoms with van der Waals surface area (Å²) < 4.78 is 1.66. The highest BCUT2D eigenvalue weighted by Crippen LogP contribution is 2.32. The number of benzene rings is 2. The second kappa shape index (κ2) is 7.68. The van der Waals surface area contributed by atoms with Crippen LogP contribution in [0.3, 0.4) is 0 Å². The summed E-state index contributed by atoms with van der Waals surface area (Å²) in [5.74, 6) is -1.94. The van der Waals surface area contributed by atoms with Gasteiger partial charge >= 0.3 is 5.97 Å². The summed E-state index contributed by atoms with van der Waals surface area (Å²) in [5, 5.41) is 38.8. The van der Waals surface area contributed by atoms with Crippen LogP contribution in [0.15, 0.2) is 60.9 Å². The molecule has 0 unspecified atom stereocenters. The molecule has 0 atom stereocenters. The highest BCUT2D eigenvalue weighted by molar-refractivity contribution is 5.69. The van der Waals surface area contributed by atoms with Crippen LogP contribution >= 0.6 is 0 Å². The van der Waals surface area contributed by atoms with Crippen molar-refractivity contribution in [3.05, 3.63) is 66.5 Å². The van der Waals surface area contributed by atoms with Crippen LogP contribution in [0.2, 0.25) is 0 Å². The summed E-state index contributed by atoms with van der Waals surface area (Å²) in [6.07, 6.45) is 3.30. The van der Waals surface area contributed by atoms with E-state index in [2.05, 4.69) is 5.10 Å². The molecule has 2 aromatic carbocycles. The molecule has 0 saturated carbocycles. The van der Waals surface area contributed by atoms with Crippen molar-refractivity contribution in [1.29, 1.82) is 0 Å². The number of aromatic hydroxyl groups is 3. The topological polar surface area (TPSA) is 116 Å². The zero-order valence-electron chi connectivity index (χ0n) is 12.6. The normalized spacial score (nSPS) is 9.83. The van der Waals surface area contributed by atoms with Crippen LogP contribution in [0.4, 0.5) is 0 Å². The first-order chi connectivity index (χ1) is 11.5. The molecule has 0 amide bonds. The van der Waals surface area contributed by atoms with E-state index in [4.69, 9.17) is 20.4 Å². The van der Waals surface area contributed by atoms with Crippen molar-refractivity contribution < 1.29 is 25.2 Å². The predicted octanol–water partition coefficient (Wildman–Crippen LogP) is 2.30. The van der Waals surface area contributed by atoms with Crippen molar-refractivity contribution >= 4 is 5.97 Å². The Hall–Kier alpha value is -3.48. The maximum absolute atomic E-state index is 10.5. The van der Waals surface area contributed by atoms with Crippen LogP contribution in [0.1, 0.15) is 5.56 Å². The lowest BCUT2D eigenvalue weighted by molar-refractivity contribution is -0.136. The quantitative estimate of drug-likeness (QED) is 0.548. The number of phenols is 3. The molecule has 0 saturated heterocycles. The number of aromatic nitrogens is 2. The molecule has 4 N–H and O–H groups in total. The van der Waals surface area contributed by atoms with Crippen molar-refractivity contribution in [3.63, 3.8) is 0 Å². The fourth-order valence-corrected chi connectivity index (χ4v) is 1.87. The molecule has 0 spiro atoms. The lowest BCUT2D eigenvalue weighted by Gasteiger charge is -1.98. The smallest absolute Gasteiger partial charge is 0.307 e. The first kappa shape index (κ1) is 16.9. The third-order valence-electron chi connectivity index (χ3n) is 3.01. The highest BCUT2D eigenvalue weighted by atomic mass is 16.4. The van der Waals surface area contributed by atoms with Crippen molar-refractivity contribution in [2.24, 2.45) is 0 Å². The average molecular weight is 328 g/mol. The molecule has 3 aromatic rings. The standard InChI is InChI=1S/C11H10N2O2.C6H6O3/c14-11(15)6-9-7-12-13(8-9)10-4-2-1-3-5-10;7-4-2-1-3-5(8)6(4)9/h1-5,7-8H,6H2,(H,14,15);1-3,7-9H. The number of nitrogens with zero attached hydrogens (tertiary/aromatic N) is 2. The summed E-state index contributed by atoms with van der Waals surface area (Å²) in [7, 11) is 0. The van der Waals surface area contributed by atoms with Crippen LogP contribution in [-0.2, 0) is 11.2 Å². The Morgan fingerprint density at radius 2 is 1.58 bits per heavy atom. The Balaban J connectivity index is 0.000000198. The van der Waals surface area contributed by atoms with E-state index in [1.54, 1.807) is 17.1 Å². The summed E-state index contributed by atoms with van der Waals surface area (Å²) in [5.41, 5.74) is 1.63. The molecule has 1 aromatic heterocycles. The number of hydrogen-bond donors (Lipinski definition) is 4. The summed E-state index contributed by atoms with van der Waals surface area (Å²) >= 11 is 0. The monoisotopic (exact) mass is 328 g/mol. The Kier molecular flexibility index (Phi) is 5.40. The van der Waals surface area contributed by atoms with E-state index in [1.807, 2.05) is 30.3 Å². The van der Waals surface area contributed by atoms with Crippen LogP contribution < -0.4 is 0 Å². The Labute approximate surface area is 137 Å². The minimum absolute atomic E-state index is 0.00678. The molecule has 124 valence electrons. The van der Waals surface area contributed by atoms with E-state index < -0.39 is 11.7 Å². The molecule has 0 aliphatic carbocycles. The number of aliphatic carboxylic acids is 1. The van der Waals surface area contributed by atoms with Gasteiger partial charge in [0.05, 0.1) is 18.3 Å². The van der Waals surface area contributed by atoms with Gasteiger partial charge in [0.1, 0.15) is 0 Å². The highest BCUT2D eigenvalue weighted by Gasteiger charge is 2.04. The van der Waals surface area contributed by atoms with E-state index in [9.17, 15) is 4.79 Å². The molecule has 7 heteroatoms. The number of hydrogen-bond acceptors (Lipinski definition) is 5. The Morgan fingerprint density at radius 3 is 2.12 bits per heavy atom. The van der Waals surface area contributed by atoms with E-state index in [0.717, 1.165) is 5.69 Å². The summed E-state index contributed by atoms with van der Waals surface area (Å²) in [6, 6.07) is 13.6. The fraction of sp³-hybridized carbons (Fsp3) is 0.0588. The molecule has 0 radical (unpaired) electrons. The van der Waals surface area contributed by atoms with Crippen LogP contribution in [-0.4, -0.2) is 36.2 Å². The van der Waals surface area contributed by atoms with Gasteiger partial charge < -0.3 is 20.4 Å². The van der Waals surface area contributed by atoms with Crippen LogP contribution in [0.25, 0.3) is 5.69 Å². The van der Waals surface area contributed by atoms with Gasteiger partial charge in [-0.3, -0.25) is 4.79 Å². The second-order valence-electron chi connectivity index (χ2n) is 4.84. The number of phenolic OH excluding ortho intramolecular Hbond substituents is 3. The minimum atomic E-state index is -0.845. The summed E-state index contributed by atoms with van der Waals surface area (Å²) in [4.78, 5) is 10.5. The fourth-order valence-electron chi connectivity index (χ4n) is 1.87. The lowest BCUT2D eigenvalue weighted by atomic mass is 10.2. The average Bonchev–Trinajstić information content (AvgIpc) is 3.02. The molecular formula is C17H16N2O5. The molecule has 3 rings (SSSR count). The predicted molar refractivity (Wildman–Crippen MR) is 86.3 cm³/mol. The van der Waals surface area contributed by atoms with Gasteiger partial charge in [-0.2, -0.15) is 5.10 Å². The minimum Gasteiger partial charge on any atom is -0.504 e. The Morgan fingerprint density at radius 1 is 0.958 bits per heavy atom. The summed E-state index contributed by atoms with van der Waals surface area (Å²) in [6.45, 7) is 0. The number of para-hydroxylation sites is 2. The van der Waals surface area contributed by atoms with Gasteiger partial charge in [0.15, 0.2) is 17.2 Å². The van der Waals surface area contributed by atoms with E-state index in [0.29, 0.717) is 5.56 Å². The molecule has 0 fully saturated rings. The molecule has 7 nitrogen and oxygen atoms in total. The zero-order chi connectivity index (χ0) is 17.5. The lowest BCUT2D eigenvalue weighted by Crippen LogP contribution is -1.98. The maximum Gasteiger partial charge on any atom is 0.307 e. The number of rotatable bonds is 3.